The SMILES string of the molecule is CCOC(=O)[C@](CC(=O)OC(C)(C)C)(NS(=O)c1ccc(C)cc1)C(F)(F)F. The second-order valence-electron chi connectivity index (χ2n) is 7.07. The zero-order valence-electron chi connectivity index (χ0n) is 16.3. The first kappa shape index (κ1) is 24.1. The highest BCUT2D eigenvalue weighted by molar-refractivity contribution is 7.83. The number of hydrogen-bond donors (Lipinski definition) is 1. The number of ether oxygens (including phenoxy) is 2. The van der Waals surface area contributed by atoms with Crippen LogP contribution in [0.3, 0.4) is 0 Å². The van der Waals surface area contributed by atoms with Crippen molar-refractivity contribution >= 4 is 22.9 Å². The predicted octanol–water partition coefficient (Wildman–Crippen LogP) is 3.20. The van der Waals surface area contributed by atoms with E-state index in [1.807, 2.05) is 0 Å². The fourth-order valence-corrected chi connectivity index (χ4v) is 3.24. The molecule has 1 aromatic carbocycles. The monoisotopic (exact) mass is 423 g/mol. The van der Waals surface area contributed by atoms with Crippen LogP contribution in [-0.4, -0.2) is 40.1 Å². The molecule has 0 aromatic heterocycles. The molecule has 0 heterocycles. The van der Waals surface area contributed by atoms with Crippen LogP contribution < -0.4 is 4.72 Å². The van der Waals surface area contributed by atoms with E-state index >= 15 is 0 Å². The van der Waals surface area contributed by atoms with E-state index < -0.39 is 46.7 Å². The van der Waals surface area contributed by atoms with E-state index in [9.17, 15) is 27.0 Å². The van der Waals surface area contributed by atoms with Gasteiger partial charge in [-0.2, -0.15) is 13.2 Å². The second kappa shape index (κ2) is 9.04. The molecule has 10 heteroatoms. The van der Waals surface area contributed by atoms with Crippen molar-refractivity contribution in [3.8, 4) is 0 Å². The third-order valence-corrected chi connectivity index (χ3v) is 4.67. The maximum Gasteiger partial charge on any atom is 0.418 e. The van der Waals surface area contributed by atoms with Crippen LogP contribution in [0.25, 0.3) is 0 Å². The molecule has 0 aliphatic carbocycles. The van der Waals surface area contributed by atoms with Crippen LogP contribution in [0, 0.1) is 6.92 Å². The molecule has 0 aliphatic heterocycles. The van der Waals surface area contributed by atoms with Gasteiger partial charge in [-0.25, -0.2) is 13.7 Å². The van der Waals surface area contributed by atoms with Crippen molar-refractivity contribution in [2.75, 3.05) is 6.61 Å². The summed E-state index contributed by atoms with van der Waals surface area (Å²) in [7, 11) is -2.45. The number of nitrogens with one attached hydrogen (secondary N) is 1. The van der Waals surface area contributed by atoms with E-state index in [0.717, 1.165) is 5.56 Å². The highest BCUT2D eigenvalue weighted by Gasteiger charge is 2.64. The minimum absolute atomic E-state index is 0.00714. The second-order valence-corrected chi connectivity index (χ2v) is 8.28. The Hall–Kier alpha value is -1.94. The van der Waals surface area contributed by atoms with Crippen LogP contribution >= 0.6 is 0 Å². The van der Waals surface area contributed by atoms with Gasteiger partial charge < -0.3 is 9.47 Å². The van der Waals surface area contributed by atoms with Gasteiger partial charge in [0.25, 0.3) is 0 Å². The molecule has 0 aliphatic rings. The summed E-state index contributed by atoms with van der Waals surface area (Å²) < 4.78 is 65.7. The third kappa shape index (κ3) is 6.30. The Morgan fingerprint density at radius 3 is 2.07 bits per heavy atom. The maximum absolute atomic E-state index is 14.0. The van der Waals surface area contributed by atoms with Crippen LogP contribution in [0.2, 0.25) is 0 Å². The van der Waals surface area contributed by atoms with E-state index in [1.165, 1.54) is 39.8 Å². The van der Waals surface area contributed by atoms with Gasteiger partial charge in [0.05, 0.1) is 17.9 Å². The van der Waals surface area contributed by atoms with Gasteiger partial charge >= 0.3 is 18.1 Å². The summed E-state index contributed by atoms with van der Waals surface area (Å²) in [5, 5.41) is 0. The molecule has 1 unspecified atom stereocenters. The average Bonchev–Trinajstić information content (AvgIpc) is 2.51. The number of carbonyl (C=O) groups is 2. The van der Waals surface area contributed by atoms with E-state index in [-0.39, 0.29) is 11.5 Å². The molecular formula is C18H24F3NO5S. The highest BCUT2D eigenvalue weighted by Crippen LogP contribution is 2.36. The van der Waals surface area contributed by atoms with Crippen molar-refractivity contribution in [2.45, 2.75) is 63.3 Å². The smallest absolute Gasteiger partial charge is 0.418 e. The zero-order chi connectivity index (χ0) is 21.8. The van der Waals surface area contributed by atoms with Crippen molar-refractivity contribution in [3.05, 3.63) is 29.8 Å². The molecule has 0 bridgehead atoms. The Labute approximate surface area is 164 Å². The molecule has 1 N–H and O–H groups in total. The molecule has 1 aromatic rings. The molecule has 0 amide bonds. The first-order valence-corrected chi connectivity index (χ1v) is 9.59. The fraction of sp³-hybridized carbons (Fsp3) is 0.556. The molecule has 158 valence electrons. The topological polar surface area (TPSA) is 81.7 Å². The van der Waals surface area contributed by atoms with Crippen LogP contribution in [0.1, 0.15) is 39.7 Å². The first-order chi connectivity index (χ1) is 12.7. The van der Waals surface area contributed by atoms with Crippen molar-refractivity contribution < 1.29 is 36.4 Å². The van der Waals surface area contributed by atoms with Crippen molar-refractivity contribution in [1.29, 1.82) is 0 Å². The van der Waals surface area contributed by atoms with Gasteiger partial charge in [0, 0.05) is 0 Å². The summed E-state index contributed by atoms with van der Waals surface area (Å²) in [4.78, 5) is 24.4. The Morgan fingerprint density at radius 1 is 1.11 bits per heavy atom. The number of rotatable bonds is 7. The summed E-state index contributed by atoms with van der Waals surface area (Å²) in [5.74, 6) is -3.04. The quantitative estimate of drug-likeness (QED) is 0.681. The molecule has 2 atom stereocenters. The summed E-state index contributed by atoms with van der Waals surface area (Å²) >= 11 is 0. The molecule has 0 saturated heterocycles. The molecule has 1 rings (SSSR count). The summed E-state index contributed by atoms with van der Waals surface area (Å²) in [6, 6.07) is 5.83. The first-order valence-electron chi connectivity index (χ1n) is 8.44. The number of carbonyl (C=O) groups excluding carboxylic acids is 2. The average molecular weight is 423 g/mol. The van der Waals surface area contributed by atoms with Crippen molar-refractivity contribution in [1.82, 2.24) is 4.72 Å². The summed E-state index contributed by atoms with van der Waals surface area (Å²) in [5.41, 5.74) is -3.79. The van der Waals surface area contributed by atoms with Crippen LogP contribution in [0.4, 0.5) is 13.2 Å². The fourth-order valence-electron chi connectivity index (χ4n) is 2.15. The van der Waals surface area contributed by atoms with Gasteiger partial charge in [0.1, 0.15) is 16.6 Å². The lowest BCUT2D eigenvalue weighted by Crippen LogP contribution is -2.64. The van der Waals surface area contributed by atoms with Gasteiger partial charge in [-0.1, -0.05) is 17.7 Å². The zero-order valence-corrected chi connectivity index (χ0v) is 17.1. The van der Waals surface area contributed by atoms with Gasteiger partial charge in [0.15, 0.2) is 0 Å². The minimum Gasteiger partial charge on any atom is -0.464 e. The molecule has 0 fully saturated rings. The van der Waals surface area contributed by atoms with E-state index in [2.05, 4.69) is 4.74 Å². The Bertz CT molecular complexity index is 728. The number of hydrogen-bond acceptors (Lipinski definition) is 5. The lowest BCUT2D eigenvalue weighted by Gasteiger charge is -2.33. The van der Waals surface area contributed by atoms with Gasteiger partial charge in [0.2, 0.25) is 5.54 Å². The number of esters is 2. The molecule has 6 nitrogen and oxygen atoms in total. The van der Waals surface area contributed by atoms with Crippen molar-refractivity contribution in [3.63, 3.8) is 0 Å². The van der Waals surface area contributed by atoms with Gasteiger partial charge in [-0.05, 0) is 46.8 Å². The highest BCUT2D eigenvalue weighted by atomic mass is 32.2. The largest absolute Gasteiger partial charge is 0.464 e. The van der Waals surface area contributed by atoms with Gasteiger partial charge in [-0.15, -0.1) is 0 Å². The predicted molar refractivity (Wildman–Crippen MR) is 96.6 cm³/mol. The third-order valence-electron chi connectivity index (χ3n) is 3.44. The lowest BCUT2D eigenvalue weighted by molar-refractivity contribution is -0.215. The Kier molecular flexibility index (Phi) is 7.78. The molecular weight excluding hydrogens is 399 g/mol. The number of aryl methyl sites for hydroxylation is 1. The lowest BCUT2D eigenvalue weighted by atomic mass is 9.95. The maximum atomic E-state index is 14.0. The van der Waals surface area contributed by atoms with Crippen LogP contribution in [0.5, 0.6) is 0 Å². The van der Waals surface area contributed by atoms with E-state index in [1.54, 1.807) is 23.8 Å². The number of alkyl halides is 3. The summed E-state index contributed by atoms with van der Waals surface area (Å²) in [6.45, 7) is 7.14. The normalized spacial score (nSPS) is 15.4. The number of benzene rings is 1. The standard InChI is InChI=1S/C18H24F3NO5S/c1-6-26-15(24)17(18(19,20)21,11-14(23)27-16(3,4)5)22-28(25)13-9-7-12(2)8-10-13/h7-10,22H,6,11H2,1-5H3/t17-,28?/m0/s1. The Balaban J connectivity index is 3.34. The van der Waals surface area contributed by atoms with Crippen LogP contribution in [0.15, 0.2) is 29.2 Å². The number of halogens is 3. The Morgan fingerprint density at radius 2 is 1.64 bits per heavy atom. The summed E-state index contributed by atoms with van der Waals surface area (Å²) in [6.07, 6.45) is -6.71. The van der Waals surface area contributed by atoms with Crippen LogP contribution in [-0.2, 0) is 30.0 Å². The molecule has 0 spiro atoms. The van der Waals surface area contributed by atoms with E-state index in [0.29, 0.717) is 0 Å². The van der Waals surface area contributed by atoms with Gasteiger partial charge in [-0.3, -0.25) is 4.79 Å². The molecule has 28 heavy (non-hydrogen) atoms. The molecule has 0 saturated carbocycles. The minimum atomic E-state index is -5.28. The molecule has 0 radical (unpaired) electrons. The van der Waals surface area contributed by atoms with Crippen molar-refractivity contribution in [2.24, 2.45) is 0 Å². The van der Waals surface area contributed by atoms with E-state index in [4.69, 9.17) is 4.74 Å².